The molecule has 7 heteroatoms. The fraction of sp³-hybridized carbons (Fsp3) is 0.471. The Bertz CT molecular complexity index is 717. The molecule has 2 heterocycles. The maximum Gasteiger partial charge on any atom is 0.246 e. The average Bonchev–Trinajstić information content (AvgIpc) is 3.01. The summed E-state index contributed by atoms with van der Waals surface area (Å²) in [4.78, 5) is 14.8. The number of nitrogens with zero attached hydrogens (tertiary/aromatic N) is 4. The largest absolute Gasteiger partial charge is 0.341 e. The highest BCUT2D eigenvalue weighted by atomic mass is 79.9. The summed E-state index contributed by atoms with van der Waals surface area (Å²) < 4.78 is 2.93. The number of piperidine rings is 1. The molecule has 1 aromatic carbocycles. The molecule has 2 aromatic rings. The molecule has 0 bridgehead atoms. The molecule has 0 aliphatic carbocycles. The van der Waals surface area contributed by atoms with E-state index in [1.165, 1.54) is 0 Å². The topological polar surface area (TPSA) is 77.0 Å². The van der Waals surface area contributed by atoms with Gasteiger partial charge < -0.3 is 15.2 Å². The second kappa shape index (κ2) is 6.64. The van der Waals surface area contributed by atoms with Crippen LogP contribution in [0.5, 0.6) is 0 Å². The van der Waals surface area contributed by atoms with E-state index < -0.39 is 5.54 Å². The van der Waals surface area contributed by atoms with Gasteiger partial charge in [0.2, 0.25) is 5.91 Å². The molecule has 1 unspecified atom stereocenters. The first-order chi connectivity index (χ1) is 11.4. The van der Waals surface area contributed by atoms with E-state index in [1.54, 1.807) is 13.3 Å². The molecule has 0 saturated carbocycles. The number of likely N-dealkylation sites (tertiary alicyclic amines) is 1. The van der Waals surface area contributed by atoms with Crippen LogP contribution in [0.25, 0.3) is 0 Å². The number of hydrogen-bond acceptors (Lipinski definition) is 4. The van der Waals surface area contributed by atoms with Crippen molar-refractivity contribution < 1.29 is 4.79 Å². The number of benzene rings is 1. The summed E-state index contributed by atoms with van der Waals surface area (Å²) in [6.07, 6.45) is 3.49. The number of amides is 1. The first kappa shape index (κ1) is 17.1. The Hall–Kier alpha value is -1.73. The zero-order chi connectivity index (χ0) is 17.3. The van der Waals surface area contributed by atoms with Gasteiger partial charge in [0, 0.05) is 30.5 Å². The number of carbonyl (C=O) groups is 1. The predicted octanol–water partition coefficient (Wildman–Crippen LogP) is 2.16. The number of aromatic nitrogens is 3. The van der Waals surface area contributed by atoms with Gasteiger partial charge in [0.05, 0.1) is 0 Å². The van der Waals surface area contributed by atoms with Crippen molar-refractivity contribution in [1.82, 2.24) is 19.7 Å². The highest BCUT2D eigenvalue weighted by Crippen LogP contribution is 2.29. The fourth-order valence-electron chi connectivity index (χ4n) is 3.25. The Labute approximate surface area is 150 Å². The molecule has 3 rings (SSSR count). The molecular weight excluding hydrogens is 370 g/mol. The summed E-state index contributed by atoms with van der Waals surface area (Å²) in [5.74, 6) is 1.31. The van der Waals surface area contributed by atoms with E-state index in [-0.39, 0.29) is 5.91 Å². The molecule has 1 aromatic heterocycles. The summed E-state index contributed by atoms with van der Waals surface area (Å²) in [5, 5.41) is 8.14. The van der Waals surface area contributed by atoms with Gasteiger partial charge in [-0.25, -0.2) is 0 Å². The summed E-state index contributed by atoms with van der Waals surface area (Å²) in [6.45, 7) is 3.17. The third-order valence-electron chi connectivity index (χ3n) is 4.78. The lowest BCUT2D eigenvalue weighted by Gasteiger charge is -2.36. The van der Waals surface area contributed by atoms with E-state index in [9.17, 15) is 4.79 Å². The molecule has 1 amide bonds. The molecule has 0 radical (unpaired) electrons. The predicted molar refractivity (Wildman–Crippen MR) is 95.2 cm³/mol. The zero-order valence-corrected chi connectivity index (χ0v) is 15.5. The quantitative estimate of drug-likeness (QED) is 0.869. The van der Waals surface area contributed by atoms with E-state index >= 15 is 0 Å². The summed E-state index contributed by atoms with van der Waals surface area (Å²) in [6, 6.07) is 7.62. The van der Waals surface area contributed by atoms with E-state index in [0.717, 1.165) is 28.7 Å². The molecule has 1 fully saturated rings. The Morgan fingerprint density at radius 1 is 1.29 bits per heavy atom. The third kappa shape index (κ3) is 3.23. The van der Waals surface area contributed by atoms with Crippen molar-refractivity contribution in [3.8, 4) is 0 Å². The summed E-state index contributed by atoms with van der Waals surface area (Å²) in [5.41, 5.74) is 6.19. The van der Waals surface area contributed by atoms with Crippen LogP contribution in [-0.2, 0) is 17.4 Å². The van der Waals surface area contributed by atoms with Crippen LogP contribution in [0.1, 0.15) is 37.1 Å². The highest BCUT2D eigenvalue weighted by Gasteiger charge is 2.36. The number of hydrogen-bond donors (Lipinski definition) is 1. The van der Waals surface area contributed by atoms with Gasteiger partial charge in [0.25, 0.3) is 0 Å². The maximum absolute atomic E-state index is 12.9. The number of aryl methyl sites for hydroxylation is 1. The number of halogens is 1. The first-order valence-electron chi connectivity index (χ1n) is 8.08. The minimum atomic E-state index is -1.02. The molecule has 0 spiro atoms. The van der Waals surface area contributed by atoms with Gasteiger partial charge >= 0.3 is 0 Å². The average molecular weight is 392 g/mol. The Morgan fingerprint density at radius 2 is 1.92 bits per heavy atom. The van der Waals surface area contributed by atoms with Crippen LogP contribution in [0.4, 0.5) is 0 Å². The van der Waals surface area contributed by atoms with Crippen molar-refractivity contribution in [2.45, 2.75) is 31.2 Å². The van der Waals surface area contributed by atoms with Gasteiger partial charge in [0.1, 0.15) is 17.7 Å². The SMILES string of the molecule is Cn1cnnc1C1CCN(C(=O)C(C)(N)c2ccc(Br)cc2)CC1. The Morgan fingerprint density at radius 3 is 2.46 bits per heavy atom. The lowest BCUT2D eigenvalue weighted by atomic mass is 9.89. The maximum atomic E-state index is 12.9. The molecule has 1 saturated heterocycles. The van der Waals surface area contributed by atoms with Gasteiger partial charge in [0.15, 0.2) is 0 Å². The molecule has 6 nitrogen and oxygen atoms in total. The van der Waals surface area contributed by atoms with E-state index in [4.69, 9.17) is 5.73 Å². The van der Waals surface area contributed by atoms with Crippen molar-refractivity contribution in [3.63, 3.8) is 0 Å². The minimum Gasteiger partial charge on any atom is -0.341 e. The van der Waals surface area contributed by atoms with Crippen LogP contribution >= 0.6 is 15.9 Å². The van der Waals surface area contributed by atoms with Gasteiger partial charge in [-0.3, -0.25) is 4.79 Å². The third-order valence-corrected chi connectivity index (χ3v) is 5.31. The lowest BCUT2D eigenvalue weighted by molar-refractivity contribution is -0.137. The molecule has 24 heavy (non-hydrogen) atoms. The van der Waals surface area contributed by atoms with Crippen molar-refractivity contribution >= 4 is 21.8 Å². The number of nitrogens with two attached hydrogens (primary N) is 1. The van der Waals surface area contributed by atoms with E-state index in [2.05, 4.69) is 26.1 Å². The molecule has 1 aliphatic heterocycles. The summed E-state index contributed by atoms with van der Waals surface area (Å²) >= 11 is 3.41. The van der Waals surface area contributed by atoms with Crippen molar-refractivity contribution in [1.29, 1.82) is 0 Å². The van der Waals surface area contributed by atoms with Gasteiger partial charge in [-0.05, 0) is 37.5 Å². The van der Waals surface area contributed by atoms with Crippen LogP contribution in [0.2, 0.25) is 0 Å². The smallest absolute Gasteiger partial charge is 0.246 e. The van der Waals surface area contributed by atoms with Crippen LogP contribution < -0.4 is 5.73 Å². The van der Waals surface area contributed by atoms with Gasteiger partial charge in [-0.15, -0.1) is 10.2 Å². The van der Waals surface area contributed by atoms with Crippen molar-refractivity contribution in [2.75, 3.05) is 13.1 Å². The standard InChI is InChI=1S/C17H22BrN5O/c1-17(19,13-3-5-14(18)6-4-13)16(24)23-9-7-12(8-10-23)15-21-20-11-22(15)2/h3-6,11-12H,7-10,19H2,1-2H3. The monoisotopic (exact) mass is 391 g/mol. The van der Waals surface area contributed by atoms with Crippen molar-refractivity contribution in [3.05, 3.63) is 46.5 Å². The number of rotatable bonds is 3. The van der Waals surface area contributed by atoms with Crippen LogP contribution in [0.3, 0.4) is 0 Å². The molecule has 1 aliphatic rings. The van der Waals surface area contributed by atoms with Crippen LogP contribution in [-0.4, -0.2) is 38.7 Å². The number of carbonyl (C=O) groups excluding carboxylic acids is 1. The van der Waals surface area contributed by atoms with E-state index in [0.29, 0.717) is 19.0 Å². The molecule has 128 valence electrons. The molecule has 1 atom stereocenters. The second-order valence-corrected chi connectivity index (χ2v) is 7.49. The molecule has 2 N–H and O–H groups in total. The highest BCUT2D eigenvalue weighted by molar-refractivity contribution is 9.10. The molecular formula is C17H22BrN5O. The first-order valence-corrected chi connectivity index (χ1v) is 8.87. The summed E-state index contributed by atoms with van der Waals surface area (Å²) in [7, 11) is 1.96. The fourth-order valence-corrected chi connectivity index (χ4v) is 3.51. The normalized spacial score (nSPS) is 18.4. The zero-order valence-electron chi connectivity index (χ0n) is 13.9. The van der Waals surface area contributed by atoms with Gasteiger partial charge in [-0.1, -0.05) is 28.1 Å². The Balaban J connectivity index is 1.68. The van der Waals surface area contributed by atoms with Crippen LogP contribution in [0.15, 0.2) is 35.1 Å². The van der Waals surface area contributed by atoms with Gasteiger partial charge in [-0.2, -0.15) is 0 Å². The van der Waals surface area contributed by atoms with Crippen LogP contribution in [0, 0.1) is 0 Å². The van der Waals surface area contributed by atoms with Crippen molar-refractivity contribution in [2.24, 2.45) is 12.8 Å². The Kier molecular flexibility index (Phi) is 4.73. The second-order valence-electron chi connectivity index (χ2n) is 6.58. The minimum absolute atomic E-state index is 0.0266. The van der Waals surface area contributed by atoms with E-state index in [1.807, 2.05) is 40.8 Å². The lowest BCUT2D eigenvalue weighted by Crippen LogP contribution is -2.52.